The lowest BCUT2D eigenvalue weighted by Gasteiger charge is -2.08. The molecule has 5 nitrogen and oxygen atoms in total. The lowest BCUT2D eigenvalue weighted by molar-refractivity contribution is 0.0924. The summed E-state index contributed by atoms with van der Waals surface area (Å²) >= 11 is 2.12. The van der Waals surface area contributed by atoms with Gasteiger partial charge in [-0.3, -0.25) is 14.6 Å². The summed E-state index contributed by atoms with van der Waals surface area (Å²) < 4.78 is 0.894. The molecule has 1 aromatic heterocycles. The minimum atomic E-state index is -0.251. The van der Waals surface area contributed by atoms with E-state index in [1.54, 1.807) is 30.5 Å². The number of halogens is 1. The molecule has 0 fully saturated rings. The largest absolute Gasteiger partial charge is 0.350 e. The van der Waals surface area contributed by atoms with Crippen molar-refractivity contribution in [3.63, 3.8) is 0 Å². The van der Waals surface area contributed by atoms with Crippen LogP contribution in [0, 0.1) is 3.57 Å². The minimum absolute atomic E-state index is 0.146. The van der Waals surface area contributed by atoms with Crippen molar-refractivity contribution in [2.75, 3.05) is 13.1 Å². The monoisotopic (exact) mass is 395 g/mol. The van der Waals surface area contributed by atoms with Crippen molar-refractivity contribution in [1.82, 2.24) is 15.6 Å². The summed E-state index contributed by atoms with van der Waals surface area (Å²) in [5.74, 6) is -0.397. The van der Waals surface area contributed by atoms with Gasteiger partial charge in [0, 0.05) is 22.9 Å². The standard InChI is InChI=1S/C15H14IN3O2/c16-12-6-2-1-5-11(12)14(20)18-9-10-19-15(21)13-7-3-4-8-17-13/h1-8H,9-10H2,(H,18,20)(H,19,21). The van der Waals surface area contributed by atoms with Gasteiger partial charge in [0.2, 0.25) is 0 Å². The average Bonchev–Trinajstić information content (AvgIpc) is 2.52. The Morgan fingerprint density at radius 1 is 0.952 bits per heavy atom. The molecule has 0 atom stereocenters. The van der Waals surface area contributed by atoms with E-state index in [1.165, 1.54) is 0 Å². The Labute approximate surface area is 136 Å². The highest BCUT2D eigenvalue weighted by atomic mass is 127. The molecule has 0 aliphatic carbocycles. The minimum Gasteiger partial charge on any atom is -0.350 e. The maximum atomic E-state index is 11.9. The molecule has 2 amide bonds. The molecule has 2 rings (SSSR count). The van der Waals surface area contributed by atoms with Gasteiger partial charge in [0.1, 0.15) is 5.69 Å². The number of hydrogen-bond donors (Lipinski definition) is 2. The van der Waals surface area contributed by atoms with Crippen molar-refractivity contribution in [3.8, 4) is 0 Å². The average molecular weight is 395 g/mol. The fraction of sp³-hybridized carbons (Fsp3) is 0.133. The van der Waals surface area contributed by atoms with Crippen molar-refractivity contribution in [1.29, 1.82) is 0 Å². The van der Waals surface area contributed by atoms with Crippen molar-refractivity contribution in [2.24, 2.45) is 0 Å². The lowest BCUT2D eigenvalue weighted by atomic mass is 10.2. The summed E-state index contributed by atoms with van der Waals surface area (Å²) in [6.07, 6.45) is 1.56. The van der Waals surface area contributed by atoms with Crippen LogP contribution in [0.2, 0.25) is 0 Å². The first kappa shape index (κ1) is 15.4. The summed E-state index contributed by atoms with van der Waals surface area (Å²) in [5.41, 5.74) is 0.996. The Morgan fingerprint density at radius 2 is 1.62 bits per heavy atom. The first-order valence-corrected chi connectivity index (χ1v) is 7.48. The van der Waals surface area contributed by atoms with E-state index in [1.807, 2.05) is 18.2 Å². The first-order valence-electron chi connectivity index (χ1n) is 6.40. The van der Waals surface area contributed by atoms with Crippen LogP contribution in [0.1, 0.15) is 20.8 Å². The lowest BCUT2D eigenvalue weighted by Crippen LogP contribution is -2.35. The van der Waals surface area contributed by atoms with Gasteiger partial charge < -0.3 is 10.6 Å². The van der Waals surface area contributed by atoms with Gasteiger partial charge in [-0.2, -0.15) is 0 Å². The fourth-order valence-corrected chi connectivity index (χ4v) is 2.31. The number of hydrogen-bond acceptors (Lipinski definition) is 3. The molecule has 2 aromatic rings. The van der Waals surface area contributed by atoms with Gasteiger partial charge in [-0.1, -0.05) is 18.2 Å². The summed E-state index contributed by atoms with van der Waals surface area (Å²) in [4.78, 5) is 27.6. The third-order valence-electron chi connectivity index (χ3n) is 2.71. The van der Waals surface area contributed by atoms with E-state index >= 15 is 0 Å². The second-order valence-electron chi connectivity index (χ2n) is 4.21. The number of nitrogens with zero attached hydrogens (tertiary/aromatic N) is 1. The van der Waals surface area contributed by atoms with Crippen molar-refractivity contribution < 1.29 is 9.59 Å². The molecule has 0 spiro atoms. The van der Waals surface area contributed by atoms with Gasteiger partial charge >= 0.3 is 0 Å². The molecule has 108 valence electrons. The van der Waals surface area contributed by atoms with E-state index in [2.05, 4.69) is 38.2 Å². The van der Waals surface area contributed by atoms with Crippen LogP contribution in [0.3, 0.4) is 0 Å². The fourth-order valence-electron chi connectivity index (χ4n) is 1.68. The molecule has 1 heterocycles. The summed E-state index contributed by atoms with van der Waals surface area (Å²) in [5, 5.41) is 5.47. The van der Waals surface area contributed by atoms with E-state index in [0.717, 1.165) is 3.57 Å². The first-order chi connectivity index (χ1) is 10.2. The van der Waals surface area contributed by atoms with Crippen LogP contribution in [0.25, 0.3) is 0 Å². The Balaban J connectivity index is 1.76. The van der Waals surface area contributed by atoms with Crippen LogP contribution >= 0.6 is 22.6 Å². The SMILES string of the molecule is O=C(NCCNC(=O)c1ccccc1I)c1ccccn1. The van der Waals surface area contributed by atoms with Crippen molar-refractivity contribution in [3.05, 3.63) is 63.5 Å². The number of amides is 2. The molecule has 0 aliphatic rings. The molecule has 6 heteroatoms. The maximum Gasteiger partial charge on any atom is 0.269 e. The highest BCUT2D eigenvalue weighted by Crippen LogP contribution is 2.10. The zero-order valence-corrected chi connectivity index (χ0v) is 13.3. The molecule has 0 saturated carbocycles. The number of aromatic nitrogens is 1. The van der Waals surface area contributed by atoms with Gasteiger partial charge in [-0.25, -0.2) is 0 Å². The molecule has 0 bridgehead atoms. The van der Waals surface area contributed by atoms with Crippen LogP contribution in [-0.2, 0) is 0 Å². The van der Waals surface area contributed by atoms with Crippen LogP contribution in [0.15, 0.2) is 48.7 Å². The van der Waals surface area contributed by atoms with Gasteiger partial charge in [0.05, 0.1) is 5.56 Å². The van der Waals surface area contributed by atoms with Gasteiger partial charge in [0.25, 0.3) is 11.8 Å². The number of rotatable bonds is 5. The Bertz CT molecular complexity index is 632. The molecule has 0 unspecified atom stereocenters. The van der Waals surface area contributed by atoms with E-state index in [9.17, 15) is 9.59 Å². The Hall–Kier alpha value is -1.96. The molecular weight excluding hydrogens is 381 g/mol. The third kappa shape index (κ3) is 4.52. The normalized spacial score (nSPS) is 9.95. The predicted molar refractivity (Wildman–Crippen MR) is 88.1 cm³/mol. The predicted octanol–water partition coefficient (Wildman–Crippen LogP) is 1.85. The zero-order valence-electron chi connectivity index (χ0n) is 11.2. The summed E-state index contributed by atoms with van der Waals surface area (Å²) in [6.45, 7) is 0.715. The molecule has 2 N–H and O–H groups in total. The van der Waals surface area contributed by atoms with Crippen LogP contribution < -0.4 is 10.6 Å². The highest BCUT2D eigenvalue weighted by molar-refractivity contribution is 14.1. The zero-order chi connectivity index (χ0) is 15.1. The van der Waals surface area contributed by atoms with Crippen LogP contribution in [0.4, 0.5) is 0 Å². The number of carbonyl (C=O) groups is 2. The summed E-state index contributed by atoms with van der Waals surface area (Å²) in [7, 11) is 0. The third-order valence-corrected chi connectivity index (χ3v) is 3.65. The van der Waals surface area contributed by atoms with Crippen molar-refractivity contribution >= 4 is 34.4 Å². The van der Waals surface area contributed by atoms with E-state index in [0.29, 0.717) is 24.3 Å². The number of nitrogens with one attached hydrogen (secondary N) is 2. The van der Waals surface area contributed by atoms with Crippen LogP contribution in [-0.4, -0.2) is 29.9 Å². The molecular formula is C15H14IN3O2. The second-order valence-corrected chi connectivity index (χ2v) is 5.37. The quantitative estimate of drug-likeness (QED) is 0.600. The van der Waals surface area contributed by atoms with E-state index in [-0.39, 0.29) is 11.8 Å². The Morgan fingerprint density at radius 3 is 2.29 bits per heavy atom. The smallest absolute Gasteiger partial charge is 0.269 e. The molecule has 0 aliphatic heterocycles. The van der Waals surface area contributed by atoms with Gasteiger partial charge in [-0.15, -0.1) is 0 Å². The Kier molecular flexibility index (Phi) is 5.68. The topological polar surface area (TPSA) is 71.1 Å². The molecule has 1 aromatic carbocycles. The van der Waals surface area contributed by atoms with Crippen molar-refractivity contribution in [2.45, 2.75) is 0 Å². The van der Waals surface area contributed by atoms with Gasteiger partial charge in [0.15, 0.2) is 0 Å². The number of carbonyl (C=O) groups excluding carboxylic acids is 2. The van der Waals surface area contributed by atoms with Crippen LogP contribution in [0.5, 0.6) is 0 Å². The molecule has 0 saturated heterocycles. The van der Waals surface area contributed by atoms with E-state index in [4.69, 9.17) is 0 Å². The maximum absolute atomic E-state index is 11.9. The molecule has 21 heavy (non-hydrogen) atoms. The van der Waals surface area contributed by atoms with Gasteiger partial charge in [-0.05, 0) is 46.9 Å². The highest BCUT2D eigenvalue weighted by Gasteiger charge is 2.09. The number of benzene rings is 1. The summed E-state index contributed by atoms with van der Waals surface area (Å²) in [6, 6.07) is 12.5. The number of pyridine rings is 1. The molecule has 0 radical (unpaired) electrons. The second kappa shape index (κ2) is 7.72. The van der Waals surface area contributed by atoms with E-state index < -0.39 is 0 Å².